The second-order valence-electron chi connectivity index (χ2n) is 3.56. The lowest BCUT2D eigenvalue weighted by atomic mass is 10.4. The van der Waals surface area contributed by atoms with Crippen molar-refractivity contribution in [2.75, 3.05) is 5.73 Å². The van der Waals surface area contributed by atoms with Gasteiger partial charge in [0.25, 0.3) is 0 Å². The SMILES string of the molecule is Nc1ncc(Br)cc1Oc1cccc2nncn12. The van der Waals surface area contributed by atoms with Gasteiger partial charge in [0, 0.05) is 16.7 Å². The lowest BCUT2D eigenvalue weighted by Gasteiger charge is -2.09. The second kappa shape index (κ2) is 4.26. The molecule has 18 heavy (non-hydrogen) atoms. The van der Waals surface area contributed by atoms with E-state index in [-0.39, 0.29) is 0 Å². The molecule has 0 spiro atoms. The molecular weight excluding hydrogens is 298 g/mol. The molecule has 0 atom stereocenters. The maximum absolute atomic E-state index is 5.76. The highest BCUT2D eigenvalue weighted by Gasteiger charge is 2.07. The number of ether oxygens (including phenoxy) is 1. The Morgan fingerprint density at radius 2 is 2.22 bits per heavy atom. The van der Waals surface area contributed by atoms with Crippen LogP contribution in [0.4, 0.5) is 5.82 Å². The van der Waals surface area contributed by atoms with Crippen molar-refractivity contribution in [3.05, 3.63) is 41.3 Å². The second-order valence-corrected chi connectivity index (χ2v) is 4.48. The van der Waals surface area contributed by atoms with Crippen molar-refractivity contribution in [3.63, 3.8) is 0 Å². The molecule has 90 valence electrons. The highest BCUT2D eigenvalue weighted by atomic mass is 79.9. The predicted octanol–water partition coefficient (Wildman–Crippen LogP) is 2.26. The molecule has 0 saturated carbocycles. The first-order chi connectivity index (χ1) is 8.74. The summed E-state index contributed by atoms with van der Waals surface area (Å²) in [6.07, 6.45) is 3.19. The third-order valence-corrected chi connectivity index (χ3v) is 2.79. The maximum Gasteiger partial charge on any atom is 0.207 e. The fraction of sp³-hybridized carbons (Fsp3) is 0. The van der Waals surface area contributed by atoms with E-state index in [4.69, 9.17) is 10.5 Å². The van der Waals surface area contributed by atoms with Crippen LogP contribution in [-0.2, 0) is 0 Å². The fourth-order valence-electron chi connectivity index (χ4n) is 1.53. The average Bonchev–Trinajstić information content (AvgIpc) is 2.83. The minimum absolute atomic E-state index is 0.322. The first-order valence-electron chi connectivity index (χ1n) is 5.11. The van der Waals surface area contributed by atoms with Crippen LogP contribution in [0.5, 0.6) is 11.6 Å². The van der Waals surface area contributed by atoms with E-state index in [0.717, 1.165) is 4.47 Å². The van der Waals surface area contributed by atoms with Gasteiger partial charge in [0.1, 0.15) is 6.33 Å². The minimum Gasteiger partial charge on any atom is -0.436 e. The summed E-state index contributed by atoms with van der Waals surface area (Å²) < 4.78 is 8.24. The van der Waals surface area contributed by atoms with Crippen molar-refractivity contribution < 1.29 is 4.74 Å². The van der Waals surface area contributed by atoms with Crippen LogP contribution in [0.15, 0.2) is 41.3 Å². The first-order valence-corrected chi connectivity index (χ1v) is 5.91. The average molecular weight is 306 g/mol. The van der Waals surface area contributed by atoms with Crippen LogP contribution in [0.2, 0.25) is 0 Å². The van der Waals surface area contributed by atoms with Gasteiger partial charge in [-0.1, -0.05) is 6.07 Å². The molecule has 2 N–H and O–H groups in total. The summed E-state index contributed by atoms with van der Waals surface area (Å²) in [5.74, 6) is 1.37. The van der Waals surface area contributed by atoms with Crippen LogP contribution >= 0.6 is 15.9 Å². The Kier molecular flexibility index (Phi) is 2.60. The molecule has 3 rings (SSSR count). The highest BCUT2D eigenvalue weighted by molar-refractivity contribution is 9.10. The molecule has 3 aromatic heterocycles. The predicted molar refractivity (Wildman–Crippen MR) is 69.4 cm³/mol. The van der Waals surface area contributed by atoms with E-state index in [1.807, 2.05) is 12.1 Å². The molecule has 0 aliphatic heterocycles. The van der Waals surface area contributed by atoms with Gasteiger partial charge < -0.3 is 10.5 Å². The van der Waals surface area contributed by atoms with Crippen LogP contribution < -0.4 is 10.5 Å². The summed E-state index contributed by atoms with van der Waals surface area (Å²) in [7, 11) is 0. The lowest BCUT2D eigenvalue weighted by Crippen LogP contribution is -1.98. The van der Waals surface area contributed by atoms with Crippen LogP contribution in [0.1, 0.15) is 0 Å². The summed E-state index contributed by atoms with van der Waals surface area (Å²) in [6, 6.07) is 7.23. The number of nitrogen functional groups attached to an aromatic ring is 1. The fourth-order valence-corrected chi connectivity index (χ4v) is 1.84. The van der Waals surface area contributed by atoms with E-state index in [1.165, 1.54) is 0 Å². The summed E-state index contributed by atoms with van der Waals surface area (Å²) in [5.41, 5.74) is 6.46. The number of nitrogens with zero attached hydrogens (tertiary/aromatic N) is 4. The number of aromatic nitrogens is 4. The van der Waals surface area contributed by atoms with E-state index < -0.39 is 0 Å². The Hall–Kier alpha value is -2.15. The number of hydrogen-bond acceptors (Lipinski definition) is 5. The van der Waals surface area contributed by atoms with Crippen LogP contribution in [-0.4, -0.2) is 19.6 Å². The van der Waals surface area contributed by atoms with Crippen molar-refractivity contribution in [2.45, 2.75) is 0 Å². The number of halogens is 1. The van der Waals surface area contributed by atoms with Crippen molar-refractivity contribution >= 4 is 27.4 Å². The van der Waals surface area contributed by atoms with Crippen molar-refractivity contribution in [3.8, 4) is 11.6 Å². The number of rotatable bonds is 2. The van der Waals surface area contributed by atoms with Gasteiger partial charge in [-0.3, -0.25) is 4.40 Å². The molecule has 0 fully saturated rings. The number of hydrogen-bond donors (Lipinski definition) is 1. The van der Waals surface area contributed by atoms with E-state index >= 15 is 0 Å². The Morgan fingerprint density at radius 1 is 1.33 bits per heavy atom. The summed E-state index contributed by atoms with van der Waals surface area (Å²) in [5, 5.41) is 7.76. The van der Waals surface area contributed by atoms with E-state index in [0.29, 0.717) is 23.1 Å². The van der Waals surface area contributed by atoms with Gasteiger partial charge in [0.05, 0.1) is 0 Å². The van der Waals surface area contributed by atoms with Gasteiger partial charge in [-0.25, -0.2) is 4.98 Å². The molecule has 0 aliphatic rings. The molecule has 0 bridgehead atoms. The zero-order chi connectivity index (χ0) is 12.5. The van der Waals surface area contributed by atoms with Gasteiger partial charge in [-0.2, -0.15) is 0 Å². The topological polar surface area (TPSA) is 78.3 Å². The van der Waals surface area contributed by atoms with Crippen LogP contribution in [0, 0.1) is 0 Å². The molecule has 0 amide bonds. The number of nitrogens with two attached hydrogens (primary N) is 1. The minimum atomic E-state index is 0.322. The molecule has 3 aromatic rings. The molecule has 0 aliphatic carbocycles. The Balaban J connectivity index is 2.06. The number of pyridine rings is 2. The van der Waals surface area contributed by atoms with Gasteiger partial charge >= 0.3 is 0 Å². The summed E-state index contributed by atoms with van der Waals surface area (Å²) in [4.78, 5) is 4.01. The van der Waals surface area contributed by atoms with Crippen LogP contribution in [0.25, 0.3) is 5.65 Å². The van der Waals surface area contributed by atoms with Crippen LogP contribution in [0.3, 0.4) is 0 Å². The number of anilines is 1. The third kappa shape index (κ3) is 1.88. The Labute approximate surface area is 111 Å². The molecule has 3 heterocycles. The highest BCUT2D eigenvalue weighted by Crippen LogP contribution is 2.28. The van der Waals surface area contributed by atoms with Crippen molar-refractivity contribution in [1.82, 2.24) is 19.6 Å². The number of fused-ring (bicyclic) bond motifs is 1. The van der Waals surface area contributed by atoms with Gasteiger partial charge in [-0.15, -0.1) is 10.2 Å². The quantitative estimate of drug-likeness (QED) is 0.785. The Morgan fingerprint density at radius 3 is 3.11 bits per heavy atom. The van der Waals surface area contributed by atoms with Gasteiger partial charge in [-0.05, 0) is 28.1 Å². The van der Waals surface area contributed by atoms with Crippen molar-refractivity contribution in [1.29, 1.82) is 0 Å². The molecule has 0 unspecified atom stereocenters. The van der Waals surface area contributed by atoms with Crippen molar-refractivity contribution in [2.24, 2.45) is 0 Å². The van der Waals surface area contributed by atoms with E-state index in [9.17, 15) is 0 Å². The largest absolute Gasteiger partial charge is 0.436 e. The van der Waals surface area contributed by atoms with E-state index in [1.54, 1.807) is 29.1 Å². The third-order valence-electron chi connectivity index (χ3n) is 2.36. The first kappa shape index (κ1) is 11.0. The standard InChI is InChI=1S/C11H8BrN5O/c12-7-4-8(11(13)14-5-7)18-10-3-1-2-9-16-15-6-17(9)10/h1-6H,(H2,13,14). The van der Waals surface area contributed by atoms with Gasteiger partial charge in [0.15, 0.2) is 17.2 Å². The Bertz CT molecular complexity index is 711. The molecule has 0 aromatic carbocycles. The molecule has 6 nitrogen and oxygen atoms in total. The smallest absolute Gasteiger partial charge is 0.207 e. The maximum atomic E-state index is 5.76. The summed E-state index contributed by atoms with van der Waals surface area (Å²) >= 11 is 3.32. The lowest BCUT2D eigenvalue weighted by molar-refractivity contribution is 0.456. The van der Waals surface area contributed by atoms with E-state index in [2.05, 4.69) is 31.1 Å². The zero-order valence-electron chi connectivity index (χ0n) is 9.12. The van der Waals surface area contributed by atoms with Gasteiger partial charge in [0.2, 0.25) is 5.88 Å². The zero-order valence-corrected chi connectivity index (χ0v) is 10.7. The normalized spacial score (nSPS) is 10.7. The molecule has 0 radical (unpaired) electrons. The monoisotopic (exact) mass is 305 g/mol. The molecule has 7 heteroatoms. The molecule has 0 saturated heterocycles. The molecular formula is C11H8BrN5O. The summed E-state index contributed by atoms with van der Waals surface area (Å²) in [6.45, 7) is 0.